The third-order valence-corrected chi connectivity index (χ3v) is 3.50. The van der Waals surface area contributed by atoms with Crippen molar-refractivity contribution in [1.82, 2.24) is 5.32 Å². The van der Waals surface area contributed by atoms with Crippen molar-refractivity contribution in [3.05, 3.63) is 60.2 Å². The van der Waals surface area contributed by atoms with Gasteiger partial charge < -0.3 is 14.8 Å². The van der Waals surface area contributed by atoms with Crippen LogP contribution in [-0.2, 0) is 0 Å². The molecule has 0 spiro atoms. The lowest BCUT2D eigenvalue weighted by molar-refractivity contribution is 0.292. The highest BCUT2D eigenvalue weighted by atomic mass is 35.5. The summed E-state index contributed by atoms with van der Waals surface area (Å²) in [5.74, 6) is 1.50. The second-order valence-corrected chi connectivity index (χ2v) is 5.11. The number of methoxy groups -OCH3 is 1. The number of alkyl halides is 1. The Morgan fingerprint density at radius 3 is 2.38 bits per heavy atom. The predicted octanol–water partition coefficient (Wildman–Crippen LogP) is 3.64. The van der Waals surface area contributed by atoms with Crippen molar-refractivity contribution in [2.45, 2.75) is 5.38 Å². The first-order chi connectivity index (χ1) is 10.3. The van der Waals surface area contributed by atoms with Gasteiger partial charge in [0.25, 0.3) is 0 Å². The number of para-hydroxylation sites is 2. The lowest BCUT2D eigenvalue weighted by atomic mass is 10.1. The first kappa shape index (κ1) is 15.7. The molecule has 0 radical (unpaired) electrons. The average Bonchev–Trinajstić information content (AvgIpc) is 2.55. The molecule has 3 nitrogen and oxygen atoms in total. The minimum Gasteiger partial charge on any atom is -0.493 e. The Labute approximate surface area is 130 Å². The fourth-order valence-corrected chi connectivity index (χ4v) is 2.23. The van der Waals surface area contributed by atoms with Gasteiger partial charge in [-0.1, -0.05) is 42.5 Å². The normalized spacial score (nSPS) is 11.9. The third-order valence-electron chi connectivity index (χ3n) is 3.09. The number of ether oxygens (including phenoxy) is 2. The summed E-state index contributed by atoms with van der Waals surface area (Å²) >= 11 is 6.33. The number of rotatable bonds is 8. The molecule has 0 fully saturated rings. The van der Waals surface area contributed by atoms with Crippen molar-refractivity contribution in [2.75, 3.05) is 26.8 Å². The summed E-state index contributed by atoms with van der Waals surface area (Å²) in [6.07, 6.45) is 0. The minimum absolute atomic E-state index is 0.0301. The van der Waals surface area contributed by atoms with Gasteiger partial charge in [-0.05, 0) is 17.7 Å². The summed E-state index contributed by atoms with van der Waals surface area (Å²) in [4.78, 5) is 0. The Morgan fingerprint density at radius 1 is 1.00 bits per heavy atom. The van der Waals surface area contributed by atoms with Crippen LogP contribution in [0.2, 0.25) is 0 Å². The highest BCUT2D eigenvalue weighted by molar-refractivity contribution is 6.21. The van der Waals surface area contributed by atoms with E-state index in [1.54, 1.807) is 7.11 Å². The fraction of sp³-hybridized carbons (Fsp3) is 0.294. The number of halogens is 1. The van der Waals surface area contributed by atoms with Crippen LogP contribution in [-0.4, -0.2) is 26.8 Å². The molecule has 1 N–H and O–H groups in total. The fourth-order valence-electron chi connectivity index (χ4n) is 1.98. The average molecular weight is 306 g/mol. The van der Waals surface area contributed by atoms with Crippen LogP contribution in [0.1, 0.15) is 10.9 Å². The predicted molar refractivity (Wildman–Crippen MR) is 86.4 cm³/mol. The van der Waals surface area contributed by atoms with Crippen LogP contribution in [0.3, 0.4) is 0 Å². The zero-order valence-electron chi connectivity index (χ0n) is 12.1. The SMILES string of the molecule is COc1ccccc1OCCNCC(Cl)c1ccccc1. The van der Waals surface area contributed by atoms with Gasteiger partial charge in [0, 0.05) is 13.1 Å². The van der Waals surface area contributed by atoms with Crippen LogP contribution in [0, 0.1) is 0 Å². The molecule has 1 unspecified atom stereocenters. The molecular formula is C17H20ClNO2. The second kappa shape index (κ2) is 8.55. The molecule has 0 aliphatic heterocycles. The van der Waals surface area contributed by atoms with E-state index in [0.717, 1.165) is 23.6 Å². The van der Waals surface area contributed by atoms with Gasteiger partial charge in [-0.25, -0.2) is 0 Å². The Kier molecular flexibility index (Phi) is 6.38. The first-order valence-corrected chi connectivity index (χ1v) is 7.40. The molecule has 4 heteroatoms. The molecule has 0 bridgehead atoms. The van der Waals surface area contributed by atoms with Gasteiger partial charge in [0.2, 0.25) is 0 Å². The van der Waals surface area contributed by atoms with Gasteiger partial charge in [0.05, 0.1) is 12.5 Å². The highest BCUT2D eigenvalue weighted by Crippen LogP contribution is 2.25. The molecule has 21 heavy (non-hydrogen) atoms. The largest absolute Gasteiger partial charge is 0.493 e. The molecule has 0 aromatic heterocycles. The lowest BCUT2D eigenvalue weighted by Gasteiger charge is -2.13. The summed E-state index contributed by atoms with van der Waals surface area (Å²) < 4.78 is 10.9. The van der Waals surface area contributed by atoms with Crippen molar-refractivity contribution >= 4 is 11.6 Å². The number of hydrogen-bond donors (Lipinski definition) is 1. The number of benzene rings is 2. The molecule has 0 aliphatic carbocycles. The quantitative estimate of drug-likeness (QED) is 0.596. The van der Waals surface area contributed by atoms with Crippen molar-refractivity contribution in [1.29, 1.82) is 0 Å². The zero-order valence-corrected chi connectivity index (χ0v) is 12.8. The van der Waals surface area contributed by atoms with Crippen LogP contribution in [0.5, 0.6) is 11.5 Å². The molecular weight excluding hydrogens is 286 g/mol. The Balaban J connectivity index is 1.68. The maximum absolute atomic E-state index is 6.33. The van der Waals surface area contributed by atoms with Gasteiger partial charge in [0.1, 0.15) is 6.61 Å². The van der Waals surface area contributed by atoms with Gasteiger partial charge in [-0.2, -0.15) is 0 Å². The van der Waals surface area contributed by atoms with Crippen LogP contribution in [0.4, 0.5) is 0 Å². The summed E-state index contributed by atoms with van der Waals surface area (Å²) in [5.41, 5.74) is 1.12. The minimum atomic E-state index is -0.0301. The monoisotopic (exact) mass is 305 g/mol. The van der Waals surface area contributed by atoms with E-state index < -0.39 is 0 Å². The van der Waals surface area contributed by atoms with E-state index >= 15 is 0 Å². The van der Waals surface area contributed by atoms with Gasteiger partial charge >= 0.3 is 0 Å². The summed E-state index contributed by atoms with van der Waals surface area (Å²) in [6, 6.07) is 17.7. The Morgan fingerprint density at radius 2 is 1.67 bits per heavy atom. The van der Waals surface area contributed by atoms with Gasteiger partial charge in [-0.3, -0.25) is 0 Å². The maximum Gasteiger partial charge on any atom is 0.161 e. The Hall–Kier alpha value is -1.71. The Bertz CT molecular complexity index is 533. The summed E-state index contributed by atoms with van der Waals surface area (Å²) in [7, 11) is 1.64. The van der Waals surface area contributed by atoms with Crippen LogP contribution < -0.4 is 14.8 Å². The van der Waals surface area contributed by atoms with Crippen molar-refractivity contribution in [3.8, 4) is 11.5 Å². The molecule has 0 amide bonds. The molecule has 0 heterocycles. The molecule has 0 saturated heterocycles. The molecule has 2 aromatic rings. The van der Waals surface area contributed by atoms with Gasteiger partial charge in [0.15, 0.2) is 11.5 Å². The van der Waals surface area contributed by atoms with E-state index in [-0.39, 0.29) is 5.38 Å². The molecule has 112 valence electrons. The highest BCUT2D eigenvalue weighted by Gasteiger charge is 2.06. The van der Waals surface area contributed by atoms with Crippen LogP contribution >= 0.6 is 11.6 Å². The maximum atomic E-state index is 6.33. The standard InChI is InChI=1S/C17H20ClNO2/c1-20-16-9-5-6-10-17(16)21-12-11-19-13-15(18)14-7-3-2-4-8-14/h2-10,15,19H,11-13H2,1H3. The van der Waals surface area contributed by atoms with E-state index in [2.05, 4.69) is 5.32 Å². The van der Waals surface area contributed by atoms with Gasteiger partial charge in [-0.15, -0.1) is 11.6 Å². The smallest absolute Gasteiger partial charge is 0.161 e. The summed E-state index contributed by atoms with van der Waals surface area (Å²) in [6.45, 7) is 2.01. The number of hydrogen-bond acceptors (Lipinski definition) is 3. The topological polar surface area (TPSA) is 30.5 Å². The van der Waals surface area contributed by atoms with Crippen molar-refractivity contribution < 1.29 is 9.47 Å². The van der Waals surface area contributed by atoms with E-state index in [4.69, 9.17) is 21.1 Å². The second-order valence-electron chi connectivity index (χ2n) is 4.58. The first-order valence-electron chi connectivity index (χ1n) is 6.97. The van der Waals surface area contributed by atoms with E-state index in [0.29, 0.717) is 13.2 Å². The van der Waals surface area contributed by atoms with Crippen LogP contribution in [0.25, 0.3) is 0 Å². The van der Waals surface area contributed by atoms with E-state index in [9.17, 15) is 0 Å². The number of nitrogens with one attached hydrogen (secondary N) is 1. The van der Waals surface area contributed by atoms with E-state index in [1.165, 1.54) is 0 Å². The molecule has 0 aliphatic rings. The molecule has 2 aromatic carbocycles. The lowest BCUT2D eigenvalue weighted by Crippen LogP contribution is -2.24. The third kappa shape index (κ3) is 4.96. The van der Waals surface area contributed by atoms with Crippen molar-refractivity contribution in [3.63, 3.8) is 0 Å². The zero-order chi connectivity index (χ0) is 14.9. The molecule has 1 atom stereocenters. The molecule has 0 saturated carbocycles. The van der Waals surface area contributed by atoms with Crippen molar-refractivity contribution in [2.24, 2.45) is 0 Å². The van der Waals surface area contributed by atoms with Crippen LogP contribution in [0.15, 0.2) is 54.6 Å². The van der Waals surface area contributed by atoms with E-state index in [1.807, 2.05) is 54.6 Å². The molecule has 2 rings (SSSR count). The summed E-state index contributed by atoms with van der Waals surface area (Å²) in [5, 5.41) is 3.26.